The first-order valence-corrected chi connectivity index (χ1v) is 9.93. The molecule has 0 aliphatic carbocycles. The van der Waals surface area contributed by atoms with Crippen LogP contribution in [-0.4, -0.2) is 48.2 Å². The van der Waals surface area contributed by atoms with Gasteiger partial charge in [0, 0.05) is 30.1 Å². The highest BCUT2D eigenvalue weighted by atomic mass is 16.5. The van der Waals surface area contributed by atoms with E-state index in [0.717, 1.165) is 5.56 Å². The summed E-state index contributed by atoms with van der Waals surface area (Å²) >= 11 is 0. The van der Waals surface area contributed by atoms with Gasteiger partial charge in [0.25, 0.3) is 11.8 Å². The number of fused-ring (bicyclic) bond motifs is 1. The summed E-state index contributed by atoms with van der Waals surface area (Å²) in [5.41, 5.74) is 1.75. The van der Waals surface area contributed by atoms with Gasteiger partial charge < -0.3 is 23.9 Å². The molecule has 0 spiro atoms. The van der Waals surface area contributed by atoms with Crippen molar-refractivity contribution in [2.24, 2.45) is 0 Å². The van der Waals surface area contributed by atoms with Gasteiger partial charge in [-0.25, -0.2) is 0 Å². The molecule has 1 saturated heterocycles. The summed E-state index contributed by atoms with van der Waals surface area (Å²) < 4.78 is 16.5. The molecule has 2 aromatic carbocycles. The van der Waals surface area contributed by atoms with Crippen molar-refractivity contribution >= 4 is 28.5 Å². The first-order chi connectivity index (χ1) is 15.2. The highest BCUT2D eigenvalue weighted by Crippen LogP contribution is 2.32. The number of amides is 2. The Hall–Kier alpha value is -3.91. The van der Waals surface area contributed by atoms with Crippen molar-refractivity contribution in [1.82, 2.24) is 10.1 Å². The number of rotatable bonds is 4. The van der Waals surface area contributed by atoms with Gasteiger partial charge in [0.05, 0.1) is 13.2 Å². The Morgan fingerprint density at radius 1 is 0.968 bits per heavy atom. The van der Waals surface area contributed by atoms with E-state index < -0.39 is 5.91 Å². The molecule has 1 N–H and O–H groups in total. The second kappa shape index (κ2) is 8.08. The standard InChI is InChI=1S/C23H19N3O5/c27-22(17-14-19(31-25-17)15-6-2-1-3-7-15)24-20-16-8-4-5-9-18(16)30-21(20)23(28)26-10-12-29-13-11-26/h1-9,14H,10-13H2,(H,24,27). The summed E-state index contributed by atoms with van der Waals surface area (Å²) in [6, 6.07) is 18.1. The van der Waals surface area contributed by atoms with Gasteiger partial charge >= 0.3 is 0 Å². The largest absolute Gasteiger partial charge is 0.449 e. The van der Waals surface area contributed by atoms with Crippen molar-refractivity contribution in [2.45, 2.75) is 0 Å². The van der Waals surface area contributed by atoms with Crippen LogP contribution in [0.5, 0.6) is 0 Å². The van der Waals surface area contributed by atoms with Gasteiger partial charge in [-0.3, -0.25) is 9.59 Å². The van der Waals surface area contributed by atoms with Gasteiger partial charge in [0.2, 0.25) is 5.76 Å². The zero-order valence-corrected chi connectivity index (χ0v) is 16.5. The topological polar surface area (TPSA) is 97.8 Å². The number of hydrogen-bond donors (Lipinski definition) is 1. The number of carbonyl (C=O) groups excluding carboxylic acids is 2. The van der Waals surface area contributed by atoms with E-state index in [1.807, 2.05) is 42.5 Å². The predicted molar refractivity (Wildman–Crippen MR) is 113 cm³/mol. The quantitative estimate of drug-likeness (QED) is 0.542. The predicted octanol–water partition coefficient (Wildman–Crippen LogP) is 3.81. The van der Waals surface area contributed by atoms with Gasteiger partial charge in [0.15, 0.2) is 11.5 Å². The number of morpholine rings is 1. The Kier molecular flexibility index (Phi) is 4.97. The van der Waals surface area contributed by atoms with Crippen LogP contribution in [-0.2, 0) is 4.74 Å². The number of para-hydroxylation sites is 1. The monoisotopic (exact) mass is 417 g/mol. The Balaban J connectivity index is 1.46. The van der Waals surface area contributed by atoms with Crippen molar-refractivity contribution in [3.05, 3.63) is 72.1 Å². The third kappa shape index (κ3) is 3.69. The van der Waals surface area contributed by atoms with Crippen LogP contribution in [0.15, 0.2) is 69.6 Å². The van der Waals surface area contributed by atoms with Crippen molar-refractivity contribution in [3.8, 4) is 11.3 Å². The van der Waals surface area contributed by atoms with Gasteiger partial charge in [-0.2, -0.15) is 0 Å². The van der Waals surface area contributed by atoms with Gasteiger partial charge in [-0.05, 0) is 12.1 Å². The number of nitrogens with one attached hydrogen (secondary N) is 1. The van der Waals surface area contributed by atoms with Crippen molar-refractivity contribution in [3.63, 3.8) is 0 Å². The second-order valence-electron chi connectivity index (χ2n) is 7.10. The molecule has 0 unspecified atom stereocenters. The molecule has 3 heterocycles. The van der Waals surface area contributed by atoms with E-state index in [4.69, 9.17) is 13.7 Å². The number of ether oxygens (including phenoxy) is 1. The summed E-state index contributed by atoms with van der Waals surface area (Å²) in [4.78, 5) is 27.7. The Labute approximate surface area is 177 Å². The zero-order chi connectivity index (χ0) is 21.2. The van der Waals surface area contributed by atoms with E-state index in [-0.39, 0.29) is 17.4 Å². The molecule has 1 aliphatic rings. The Morgan fingerprint density at radius 3 is 2.52 bits per heavy atom. The lowest BCUT2D eigenvalue weighted by Gasteiger charge is -2.26. The van der Waals surface area contributed by atoms with Crippen LogP contribution in [0.3, 0.4) is 0 Å². The minimum Gasteiger partial charge on any atom is -0.449 e. The number of nitrogens with zero attached hydrogens (tertiary/aromatic N) is 2. The fourth-order valence-corrected chi connectivity index (χ4v) is 3.53. The van der Waals surface area contributed by atoms with E-state index in [9.17, 15) is 9.59 Å². The summed E-state index contributed by atoms with van der Waals surface area (Å²) in [6.07, 6.45) is 0. The van der Waals surface area contributed by atoms with Crippen LogP contribution in [0.2, 0.25) is 0 Å². The highest BCUT2D eigenvalue weighted by Gasteiger charge is 2.28. The summed E-state index contributed by atoms with van der Waals surface area (Å²) in [7, 11) is 0. The fourth-order valence-electron chi connectivity index (χ4n) is 3.53. The molecule has 0 bridgehead atoms. The van der Waals surface area contributed by atoms with E-state index in [1.54, 1.807) is 23.1 Å². The van der Waals surface area contributed by atoms with Gasteiger partial charge in [-0.15, -0.1) is 0 Å². The molecular formula is C23H19N3O5. The average molecular weight is 417 g/mol. The van der Waals surface area contributed by atoms with Crippen LogP contribution in [0.25, 0.3) is 22.3 Å². The van der Waals surface area contributed by atoms with Crippen molar-refractivity contribution in [1.29, 1.82) is 0 Å². The fraction of sp³-hybridized carbons (Fsp3) is 0.174. The molecule has 2 amide bonds. The van der Waals surface area contributed by atoms with E-state index in [0.29, 0.717) is 48.7 Å². The van der Waals surface area contributed by atoms with Crippen molar-refractivity contribution in [2.75, 3.05) is 31.6 Å². The number of benzene rings is 2. The number of hydrogen-bond acceptors (Lipinski definition) is 6. The minimum atomic E-state index is -0.492. The molecule has 1 fully saturated rings. The van der Waals surface area contributed by atoms with Crippen LogP contribution in [0, 0.1) is 0 Å². The van der Waals surface area contributed by atoms with Gasteiger partial charge in [-0.1, -0.05) is 47.6 Å². The molecule has 0 saturated carbocycles. The lowest BCUT2D eigenvalue weighted by Crippen LogP contribution is -2.40. The minimum absolute atomic E-state index is 0.0863. The molecule has 156 valence electrons. The number of anilines is 1. The van der Waals surface area contributed by atoms with Crippen LogP contribution in [0.4, 0.5) is 5.69 Å². The number of carbonyl (C=O) groups is 2. The maximum atomic E-state index is 13.1. The SMILES string of the molecule is O=C(Nc1c(C(=O)N2CCOCC2)oc2ccccc12)c1cc(-c2ccccc2)on1. The maximum Gasteiger partial charge on any atom is 0.291 e. The zero-order valence-electron chi connectivity index (χ0n) is 16.5. The molecule has 8 heteroatoms. The van der Waals surface area contributed by atoms with Crippen molar-refractivity contribution < 1.29 is 23.3 Å². The summed E-state index contributed by atoms with van der Waals surface area (Å²) in [6.45, 7) is 1.86. The lowest BCUT2D eigenvalue weighted by molar-refractivity contribution is 0.0285. The van der Waals surface area contributed by atoms with Gasteiger partial charge in [0.1, 0.15) is 11.3 Å². The van der Waals surface area contributed by atoms with E-state index >= 15 is 0 Å². The Morgan fingerprint density at radius 2 is 1.71 bits per heavy atom. The Bertz CT molecular complexity index is 1240. The molecule has 31 heavy (non-hydrogen) atoms. The second-order valence-corrected chi connectivity index (χ2v) is 7.10. The molecule has 2 aromatic heterocycles. The van der Waals surface area contributed by atoms with E-state index in [1.165, 1.54) is 0 Å². The average Bonchev–Trinajstić information content (AvgIpc) is 3.46. The third-order valence-corrected chi connectivity index (χ3v) is 5.13. The summed E-state index contributed by atoms with van der Waals surface area (Å²) in [5.74, 6) is -0.218. The smallest absolute Gasteiger partial charge is 0.291 e. The summed E-state index contributed by atoms with van der Waals surface area (Å²) in [5, 5.41) is 7.33. The highest BCUT2D eigenvalue weighted by molar-refractivity contribution is 6.14. The maximum absolute atomic E-state index is 13.1. The normalized spacial score (nSPS) is 14.0. The number of aromatic nitrogens is 1. The van der Waals surface area contributed by atoms with Crippen LogP contribution < -0.4 is 5.32 Å². The molecule has 1 aliphatic heterocycles. The van der Waals surface area contributed by atoms with Crippen LogP contribution in [0.1, 0.15) is 21.0 Å². The molecule has 4 aromatic rings. The first-order valence-electron chi connectivity index (χ1n) is 9.93. The molecular weight excluding hydrogens is 398 g/mol. The molecule has 0 atom stereocenters. The molecule has 5 rings (SSSR count). The lowest BCUT2D eigenvalue weighted by atomic mass is 10.1. The van der Waals surface area contributed by atoms with Crippen LogP contribution >= 0.6 is 0 Å². The first kappa shape index (κ1) is 19.1. The number of furan rings is 1. The molecule has 8 nitrogen and oxygen atoms in total. The third-order valence-electron chi connectivity index (χ3n) is 5.13. The van der Waals surface area contributed by atoms with E-state index in [2.05, 4.69) is 10.5 Å². The molecule has 0 radical (unpaired) electrons.